The Morgan fingerprint density at radius 2 is 2.00 bits per heavy atom. The van der Waals surface area contributed by atoms with Crippen molar-refractivity contribution < 1.29 is 4.74 Å². The van der Waals surface area contributed by atoms with Crippen LogP contribution in [-0.4, -0.2) is 21.6 Å². The molecule has 0 bridgehead atoms. The summed E-state index contributed by atoms with van der Waals surface area (Å²) in [6.07, 6.45) is 0. The Balaban J connectivity index is 2.04. The highest BCUT2D eigenvalue weighted by molar-refractivity contribution is 5.36. The van der Waals surface area contributed by atoms with E-state index < -0.39 is 0 Å². The summed E-state index contributed by atoms with van der Waals surface area (Å²) in [5.74, 6) is 0.455. The van der Waals surface area contributed by atoms with Gasteiger partial charge in [0.25, 0.3) is 0 Å². The zero-order chi connectivity index (χ0) is 14.4. The van der Waals surface area contributed by atoms with Gasteiger partial charge < -0.3 is 15.8 Å². The summed E-state index contributed by atoms with van der Waals surface area (Å²) in [6, 6.07) is 9.50. The van der Waals surface area contributed by atoms with Crippen LogP contribution < -0.4 is 15.8 Å². The van der Waals surface area contributed by atoms with Gasteiger partial charge in [0.05, 0.1) is 18.2 Å². The first-order chi connectivity index (χ1) is 9.71. The molecule has 0 saturated heterocycles. The van der Waals surface area contributed by atoms with E-state index in [4.69, 9.17) is 15.7 Å². The third-order valence-electron chi connectivity index (χ3n) is 2.44. The van der Waals surface area contributed by atoms with Crippen LogP contribution in [0.3, 0.4) is 0 Å². The first-order valence-corrected chi connectivity index (χ1v) is 6.08. The van der Waals surface area contributed by atoms with Crippen LogP contribution >= 0.6 is 0 Å². The Morgan fingerprint density at radius 3 is 2.65 bits per heavy atom. The van der Waals surface area contributed by atoms with Crippen molar-refractivity contribution in [3.8, 4) is 12.1 Å². The molecule has 0 amide bonds. The molecule has 20 heavy (non-hydrogen) atoms. The molecule has 2 aromatic rings. The molecule has 0 spiro atoms. The highest BCUT2D eigenvalue weighted by atomic mass is 16.5. The van der Waals surface area contributed by atoms with Crippen molar-refractivity contribution in [2.24, 2.45) is 0 Å². The van der Waals surface area contributed by atoms with E-state index >= 15 is 0 Å². The summed E-state index contributed by atoms with van der Waals surface area (Å²) < 4.78 is 5.19. The first kappa shape index (κ1) is 13.5. The summed E-state index contributed by atoms with van der Waals surface area (Å²) in [4.78, 5) is 11.9. The second kappa shape index (κ2) is 6.33. The molecule has 0 unspecified atom stereocenters. The van der Waals surface area contributed by atoms with Gasteiger partial charge in [0, 0.05) is 6.54 Å². The van der Waals surface area contributed by atoms with Crippen LogP contribution in [0.4, 0.5) is 11.9 Å². The highest BCUT2D eigenvalue weighted by Crippen LogP contribution is 2.10. The molecule has 0 saturated carbocycles. The molecule has 2 rings (SSSR count). The van der Waals surface area contributed by atoms with E-state index in [0.717, 1.165) is 5.56 Å². The molecule has 102 valence electrons. The number of hydrogen-bond donors (Lipinski definition) is 2. The number of nitriles is 1. The maximum atomic E-state index is 8.73. The Kier molecular flexibility index (Phi) is 4.29. The molecule has 3 N–H and O–H groups in total. The zero-order valence-electron chi connectivity index (χ0n) is 11.0. The van der Waals surface area contributed by atoms with E-state index in [1.807, 2.05) is 19.1 Å². The SMILES string of the molecule is CCOc1nc(N)nc(NCc2ccc(C#N)cc2)n1. The Morgan fingerprint density at radius 1 is 1.25 bits per heavy atom. The second-order valence-corrected chi connectivity index (χ2v) is 3.90. The number of nitrogens with one attached hydrogen (secondary N) is 1. The number of nitrogens with zero attached hydrogens (tertiary/aromatic N) is 4. The molecule has 0 radical (unpaired) electrons. The van der Waals surface area contributed by atoms with E-state index in [1.165, 1.54) is 0 Å². The molecule has 7 heteroatoms. The summed E-state index contributed by atoms with van der Waals surface area (Å²) in [7, 11) is 0. The van der Waals surface area contributed by atoms with Gasteiger partial charge in [0.15, 0.2) is 0 Å². The van der Waals surface area contributed by atoms with E-state index in [-0.39, 0.29) is 12.0 Å². The minimum Gasteiger partial charge on any atom is -0.464 e. The van der Waals surface area contributed by atoms with Crippen molar-refractivity contribution in [2.75, 3.05) is 17.7 Å². The van der Waals surface area contributed by atoms with Gasteiger partial charge in [-0.2, -0.15) is 20.2 Å². The fraction of sp³-hybridized carbons (Fsp3) is 0.231. The lowest BCUT2D eigenvalue weighted by Crippen LogP contribution is -2.09. The second-order valence-electron chi connectivity index (χ2n) is 3.90. The Labute approximate surface area is 116 Å². The summed E-state index contributed by atoms with van der Waals surface area (Å²) in [5, 5.41) is 11.8. The quantitative estimate of drug-likeness (QED) is 0.843. The predicted molar refractivity (Wildman–Crippen MR) is 73.9 cm³/mol. The van der Waals surface area contributed by atoms with Crippen molar-refractivity contribution in [1.29, 1.82) is 5.26 Å². The van der Waals surface area contributed by atoms with Crippen LogP contribution in [0.1, 0.15) is 18.1 Å². The van der Waals surface area contributed by atoms with Crippen LogP contribution in [0.25, 0.3) is 0 Å². The maximum absolute atomic E-state index is 8.73. The maximum Gasteiger partial charge on any atom is 0.323 e. The van der Waals surface area contributed by atoms with Gasteiger partial charge in [-0.1, -0.05) is 12.1 Å². The number of nitrogens with two attached hydrogens (primary N) is 1. The number of rotatable bonds is 5. The van der Waals surface area contributed by atoms with E-state index in [0.29, 0.717) is 24.7 Å². The monoisotopic (exact) mass is 270 g/mol. The summed E-state index contributed by atoms with van der Waals surface area (Å²) in [6.45, 7) is 2.81. The summed E-state index contributed by atoms with van der Waals surface area (Å²) >= 11 is 0. The lowest BCUT2D eigenvalue weighted by Gasteiger charge is -2.07. The van der Waals surface area contributed by atoms with Gasteiger partial charge in [-0.25, -0.2) is 0 Å². The van der Waals surface area contributed by atoms with Gasteiger partial charge in [-0.3, -0.25) is 0 Å². The Bertz CT molecular complexity index is 620. The van der Waals surface area contributed by atoms with E-state index in [9.17, 15) is 0 Å². The molecule has 0 aliphatic carbocycles. The molecular weight excluding hydrogens is 256 g/mol. The van der Waals surface area contributed by atoms with Gasteiger partial charge in [0.2, 0.25) is 11.9 Å². The number of ether oxygens (including phenoxy) is 1. The van der Waals surface area contributed by atoms with Crippen LogP contribution in [0, 0.1) is 11.3 Å². The van der Waals surface area contributed by atoms with Crippen LogP contribution in [0.15, 0.2) is 24.3 Å². The first-order valence-electron chi connectivity index (χ1n) is 6.08. The number of anilines is 2. The highest BCUT2D eigenvalue weighted by Gasteiger charge is 2.04. The predicted octanol–water partition coefficient (Wildman–Crippen LogP) is 1.34. The lowest BCUT2D eigenvalue weighted by atomic mass is 10.1. The summed E-state index contributed by atoms with van der Waals surface area (Å²) in [5.41, 5.74) is 7.20. The third-order valence-corrected chi connectivity index (χ3v) is 2.44. The van der Waals surface area contributed by atoms with Gasteiger partial charge in [0.1, 0.15) is 0 Å². The van der Waals surface area contributed by atoms with Crippen LogP contribution in [-0.2, 0) is 6.54 Å². The number of aromatic nitrogens is 3. The van der Waals surface area contributed by atoms with Gasteiger partial charge in [-0.05, 0) is 24.6 Å². The van der Waals surface area contributed by atoms with Gasteiger partial charge in [-0.15, -0.1) is 0 Å². The molecular formula is C13H14N6O. The topological polar surface area (TPSA) is 110 Å². The van der Waals surface area contributed by atoms with Gasteiger partial charge >= 0.3 is 6.01 Å². The third kappa shape index (κ3) is 3.55. The van der Waals surface area contributed by atoms with E-state index in [2.05, 4.69) is 26.3 Å². The molecule has 1 aromatic carbocycles. The molecule has 0 aliphatic rings. The van der Waals surface area contributed by atoms with Crippen LogP contribution in [0.5, 0.6) is 6.01 Å². The fourth-order valence-corrected chi connectivity index (χ4v) is 1.52. The largest absolute Gasteiger partial charge is 0.464 e. The molecule has 1 aromatic heterocycles. The average Bonchev–Trinajstić information content (AvgIpc) is 2.45. The number of hydrogen-bond acceptors (Lipinski definition) is 7. The van der Waals surface area contributed by atoms with Crippen molar-refractivity contribution >= 4 is 11.9 Å². The zero-order valence-corrected chi connectivity index (χ0v) is 11.0. The number of benzene rings is 1. The lowest BCUT2D eigenvalue weighted by molar-refractivity contribution is 0.312. The van der Waals surface area contributed by atoms with Crippen LogP contribution in [0.2, 0.25) is 0 Å². The van der Waals surface area contributed by atoms with E-state index in [1.54, 1.807) is 12.1 Å². The molecule has 7 nitrogen and oxygen atoms in total. The average molecular weight is 270 g/mol. The standard InChI is InChI=1S/C13H14N6O/c1-2-20-13-18-11(15)17-12(19-13)16-8-10-5-3-9(7-14)4-6-10/h3-6H,2,8H2,1H3,(H3,15,16,17,18,19). The van der Waals surface area contributed by atoms with Crippen molar-refractivity contribution in [3.63, 3.8) is 0 Å². The van der Waals surface area contributed by atoms with Crippen molar-refractivity contribution in [3.05, 3.63) is 35.4 Å². The molecule has 0 aliphatic heterocycles. The fourth-order valence-electron chi connectivity index (χ4n) is 1.52. The number of nitrogen functional groups attached to an aromatic ring is 1. The molecule has 0 atom stereocenters. The molecule has 1 heterocycles. The Hall–Kier alpha value is -2.88. The minimum absolute atomic E-state index is 0.103. The normalized spacial score (nSPS) is 9.80. The van der Waals surface area contributed by atoms with Crippen molar-refractivity contribution in [1.82, 2.24) is 15.0 Å². The minimum atomic E-state index is 0.103. The van der Waals surface area contributed by atoms with Crippen molar-refractivity contribution in [2.45, 2.75) is 13.5 Å². The smallest absolute Gasteiger partial charge is 0.323 e. The molecule has 0 fully saturated rings.